The average molecular weight is 329 g/mol. The van der Waals surface area contributed by atoms with Crippen molar-refractivity contribution >= 4 is 34.2 Å². The van der Waals surface area contributed by atoms with E-state index in [1.807, 2.05) is 0 Å². The van der Waals surface area contributed by atoms with E-state index in [1.54, 1.807) is 0 Å². The van der Waals surface area contributed by atoms with Gasteiger partial charge in [0, 0.05) is 0 Å². The molecule has 1 aromatic rings. The number of nitrogen functional groups attached to an aromatic ring is 1. The molecule has 1 aliphatic carbocycles. The highest BCUT2D eigenvalue weighted by Gasteiger charge is 2.33. The number of rotatable bonds is 5. The predicted octanol–water partition coefficient (Wildman–Crippen LogP) is 3.22. The van der Waals surface area contributed by atoms with Crippen LogP contribution in [0.1, 0.15) is 40.0 Å². The fraction of sp³-hybridized carbons (Fsp3) is 0.786. The monoisotopic (exact) mass is 329 g/mol. The van der Waals surface area contributed by atoms with Gasteiger partial charge in [0.25, 0.3) is 0 Å². The Kier molecular flexibility index (Phi) is 5.87. The second kappa shape index (κ2) is 7.45. The van der Waals surface area contributed by atoms with Crippen LogP contribution in [0.3, 0.4) is 0 Å². The van der Waals surface area contributed by atoms with Gasteiger partial charge in [-0.15, -0.1) is 10.2 Å². The van der Waals surface area contributed by atoms with E-state index in [9.17, 15) is 4.79 Å². The molecule has 21 heavy (non-hydrogen) atoms. The van der Waals surface area contributed by atoms with Gasteiger partial charge in [-0.25, -0.2) is 0 Å². The van der Waals surface area contributed by atoms with Gasteiger partial charge in [0.1, 0.15) is 6.10 Å². The summed E-state index contributed by atoms with van der Waals surface area (Å²) < 4.78 is 6.44. The van der Waals surface area contributed by atoms with Crippen molar-refractivity contribution < 1.29 is 9.53 Å². The van der Waals surface area contributed by atoms with Crippen LogP contribution in [0.25, 0.3) is 0 Å². The van der Waals surface area contributed by atoms with E-state index in [0.29, 0.717) is 27.2 Å². The van der Waals surface area contributed by atoms with Crippen molar-refractivity contribution in [1.82, 2.24) is 10.2 Å². The number of carbonyl (C=O) groups excluding carboxylic acids is 1. The van der Waals surface area contributed by atoms with Crippen LogP contribution < -0.4 is 5.73 Å². The van der Waals surface area contributed by atoms with Crippen LogP contribution in [-0.2, 0) is 9.53 Å². The lowest BCUT2D eigenvalue weighted by atomic mass is 9.75. The minimum Gasteiger partial charge on any atom is -0.461 e. The minimum absolute atomic E-state index is 0.0568. The zero-order valence-electron chi connectivity index (χ0n) is 12.7. The normalized spacial score (nSPS) is 26.0. The first kappa shape index (κ1) is 16.5. The van der Waals surface area contributed by atoms with Gasteiger partial charge in [-0.05, 0) is 30.6 Å². The number of esters is 1. The van der Waals surface area contributed by atoms with Crippen LogP contribution in [-0.4, -0.2) is 28.0 Å². The van der Waals surface area contributed by atoms with Crippen molar-refractivity contribution in [2.75, 3.05) is 11.5 Å². The summed E-state index contributed by atoms with van der Waals surface area (Å²) in [5.74, 6) is 1.76. The summed E-state index contributed by atoms with van der Waals surface area (Å²) in [5.41, 5.74) is 5.52. The smallest absolute Gasteiger partial charge is 0.316 e. The van der Waals surface area contributed by atoms with E-state index < -0.39 is 0 Å². The largest absolute Gasteiger partial charge is 0.461 e. The molecule has 7 heteroatoms. The predicted molar refractivity (Wildman–Crippen MR) is 86.3 cm³/mol. The van der Waals surface area contributed by atoms with Crippen LogP contribution in [0, 0.1) is 17.8 Å². The van der Waals surface area contributed by atoms with Crippen molar-refractivity contribution in [3.63, 3.8) is 0 Å². The first-order valence-corrected chi connectivity index (χ1v) is 9.17. The molecule has 118 valence electrons. The van der Waals surface area contributed by atoms with Gasteiger partial charge in [0.15, 0.2) is 4.34 Å². The average Bonchev–Trinajstić information content (AvgIpc) is 2.82. The lowest BCUT2D eigenvalue weighted by molar-refractivity contribution is -0.152. The highest BCUT2D eigenvalue weighted by molar-refractivity contribution is 8.01. The van der Waals surface area contributed by atoms with E-state index >= 15 is 0 Å². The summed E-state index contributed by atoms with van der Waals surface area (Å²) in [6, 6.07) is 0. The lowest BCUT2D eigenvalue weighted by Crippen LogP contribution is -2.36. The molecule has 0 radical (unpaired) electrons. The maximum Gasteiger partial charge on any atom is 0.316 e. The van der Waals surface area contributed by atoms with Gasteiger partial charge >= 0.3 is 5.97 Å². The molecule has 1 aromatic heterocycles. The SMILES string of the molecule is CC(C)[C@@H]1CC[C@@H](C)C[C@H]1OC(=O)CSc1nnc(N)s1. The number of carbonyl (C=O) groups is 1. The Bertz CT molecular complexity index is 479. The van der Waals surface area contributed by atoms with Crippen molar-refractivity contribution in [2.24, 2.45) is 17.8 Å². The zero-order valence-corrected chi connectivity index (χ0v) is 14.4. The van der Waals surface area contributed by atoms with Crippen LogP contribution >= 0.6 is 23.1 Å². The van der Waals surface area contributed by atoms with E-state index in [-0.39, 0.29) is 17.8 Å². The Balaban J connectivity index is 1.84. The minimum atomic E-state index is -0.168. The molecule has 5 nitrogen and oxygen atoms in total. The summed E-state index contributed by atoms with van der Waals surface area (Å²) in [4.78, 5) is 12.0. The number of nitrogens with zero attached hydrogens (tertiary/aromatic N) is 2. The van der Waals surface area contributed by atoms with Crippen LogP contribution in [0.5, 0.6) is 0 Å². The number of nitrogens with two attached hydrogens (primary N) is 1. The molecule has 0 aliphatic heterocycles. The third-order valence-electron chi connectivity index (χ3n) is 3.98. The van der Waals surface area contributed by atoms with E-state index in [4.69, 9.17) is 10.5 Å². The van der Waals surface area contributed by atoms with Crippen molar-refractivity contribution in [2.45, 2.75) is 50.5 Å². The molecule has 3 atom stereocenters. The summed E-state index contributed by atoms with van der Waals surface area (Å²) in [6.07, 6.45) is 3.42. The highest BCUT2D eigenvalue weighted by atomic mass is 32.2. The lowest BCUT2D eigenvalue weighted by Gasteiger charge is -2.36. The molecule has 1 aliphatic rings. The highest BCUT2D eigenvalue weighted by Crippen LogP contribution is 2.35. The third-order valence-corrected chi connectivity index (χ3v) is 5.84. The van der Waals surface area contributed by atoms with E-state index in [1.165, 1.54) is 29.5 Å². The second-order valence-corrected chi connectivity index (χ2v) is 8.28. The van der Waals surface area contributed by atoms with Gasteiger partial charge in [0.2, 0.25) is 5.13 Å². The Labute approximate surface area is 134 Å². The quantitative estimate of drug-likeness (QED) is 0.660. The Morgan fingerprint density at radius 3 is 2.86 bits per heavy atom. The summed E-state index contributed by atoms with van der Waals surface area (Å²) >= 11 is 2.63. The fourth-order valence-electron chi connectivity index (χ4n) is 2.85. The first-order chi connectivity index (χ1) is 9.95. The third kappa shape index (κ3) is 4.85. The first-order valence-electron chi connectivity index (χ1n) is 7.37. The topological polar surface area (TPSA) is 78.1 Å². The van der Waals surface area contributed by atoms with Crippen LogP contribution in [0.15, 0.2) is 4.34 Å². The zero-order chi connectivity index (χ0) is 15.4. The molecule has 2 rings (SSSR count). The van der Waals surface area contributed by atoms with Gasteiger partial charge in [0.05, 0.1) is 5.75 Å². The molecule has 0 bridgehead atoms. The van der Waals surface area contributed by atoms with E-state index in [0.717, 1.165) is 12.8 Å². The maximum absolute atomic E-state index is 12.0. The number of aromatic nitrogens is 2. The molecule has 1 fully saturated rings. The number of ether oxygens (including phenoxy) is 1. The molecule has 0 spiro atoms. The number of anilines is 1. The number of hydrogen-bond donors (Lipinski definition) is 1. The molecule has 1 heterocycles. The fourth-order valence-corrected chi connectivity index (χ4v) is 4.27. The van der Waals surface area contributed by atoms with Gasteiger partial charge < -0.3 is 10.5 Å². The van der Waals surface area contributed by atoms with Crippen LogP contribution in [0.2, 0.25) is 0 Å². The van der Waals surface area contributed by atoms with Gasteiger partial charge in [-0.2, -0.15) is 0 Å². The summed E-state index contributed by atoms with van der Waals surface area (Å²) in [7, 11) is 0. The van der Waals surface area contributed by atoms with Crippen molar-refractivity contribution in [1.29, 1.82) is 0 Å². The molecule has 0 amide bonds. The molecular formula is C14H23N3O2S2. The van der Waals surface area contributed by atoms with Gasteiger partial charge in [-0.1, -0.05) is 50.3 Å². The second-order valence-electron chi connectivity index (χ2n) is 6.05. The van der Waals surface area contributed by atoms with Crippen molar-refractivity contribution in [3.05, 3.63) is 0 Å². The van der Waals surface area contributed by atoms with Gasteiger partial charge in [-0.3, -0.25) is 4.79 Å². The Morgan fingerprint density at radius 2 is 2.24 bits per heavy atom. The number of hydrogen-bond acceptors (Lipinski definition) is 7. The standard InChI is InChI=1S/C14H23N3O2S2/c1-8(2)10-5-4-9(3)6-11(10)19-12(18)7-20-14-17-16-13(15)21-14/h8-11H,4-7H2,1-3H3,(H2,15,16)/t9-,10+,11-/m1/s1. The number of thioether (sulfide) groups is 1. The molecule has 2 N–H and O–H groups in total. The molecular weight excluding hydrogens is 306 g/mol. The van der Waals surface area contributed by atoms with Crippen LogP contribution in [0.4, 0.5) is 5.13 Å². The van der Waals surface area contributed by atoms with E-state index in [2.05, 4.69) is 31.0 Å². The van der Waals surface area contributed by atoms with Crippen molar-refractivity contribution in [3.8, 4) is 0 Å². The molecule has 1 saturated carbocycles. The molecule has 0 unspecified atom stereocenters. The molecule has 0 saturated heterocycles. The summed E-state index contributed by atoms with van der Waals surface area (Å²) in [6.45, 7) is 6.65. The summed E-state index contributed by atoms with van der Waals surface area (Å²) in [5, 5.41) is 8.04. The Hall–Kier alpha value is -0.820. The Morgan fingerprint density at radius 1 is 1.48 bits per heavy atom. The molecule has 0 aromatic carbocycles. The maximum atomic E-state index is 12.0.